The van der Waals surface area contributed by atoms with E-state index >= 15 is 0 Å². The quantitative estimate of drug-likeness (QED) is 0.301. The first kappa shape index (κ1) is 28.8. The van der Waals surface area contributed by atoms with Crippen LogP contribution in [0.1, 0.15) is 83.1 Å². The molecule has 2 aromatic rings. The fourth-order valence-electron chi connectivity index (χ4n) is 6.14. The smallest absolute Gasteiger partial charge is 0.223 e. The molecule has 1 aromatic heterocycles. The van der Waals surface area contributed by atoms with Crippen LogP contribution in [-0.4, -0.2) is 61.8 Å². The number of nitrogens with zero attached hydrogens (tertiary/aromatic N) is 2. The van der Waals surface area contributed by atoms with Gasteiger partial charge < -0.3 is 19.7 Å². The Morgan fingerprint density at radius 1 is 1.05 bits per heavy atom. The average Bonchev–Trinajstić information content (AvgIpc) is 2.95. The molecule has 2 fully saturated rings. The molecule has 2 heterocycles. The number of carbonyl (C=O) groups excluding carboxylic acids is 1. The van der Waals surface area contributed by atoms with Gasteiger partial charge in [0.1, 0.15) is 17.4 Å². The molecule has 0 unspecified atom stereocenters. The van der Waals surface area contributed by atoms with Crippen LogP contribution >= 0.6 is 0 Å². The number of likely N-dealkylation sites (tertiary alicyclic amines) is 1. The molecule has 2 aliphatic rings. The molecule has 1 N–H and O–H groups in total. The molecule has 1 amide bonds. The number of amides is 1. The van der Waals surface area contributed by atoms with E-state index in [0.29, 0.717) is 12.5 Å². The summed E-state index contributed by atoms with van der Waals surface area (Å²) in [4.78, 5) is 19.7. The highest BCUT2D eigenvalue weighted by molar-refractivity contribution is 5.85. The van der Waals surface area contributed by atoms with Crippen molar-refractivity contribution in [2.24, 2.45) is 11.8 Å². The summed E-state index contributed by atoms with van der Waals surface area (Å²) in [6.45, 7) is 7.02. The molecule has 6 heteroatoms. The minimum Gasteiger partial charge on any atom is -0.488 e. The molecule has 0 bridgehead atoms. The summed E-state index contributed by atoms with van der Waals surface area (Å²) in [6, 6.07) is 8.73. The Morgan fingerprint density at radius 2 is 1.87 bits per heavy atom. The number of nitrogens with one attached hydrogen (secondary N) is 1. The number of fused-ring (bicyclic) bond motifs is 1. The molecule has 0 radical (unpaired) electrons. The molecule has 1 aromatic carbocycles. The molecule has 210 valence electrons. The number of methoxy groups -OCH3 is 1. The number of aromatic nitrogens is 1. The maximum absolute atomic E-state index is 12.4. The van der Waals surface area contributed by atoms with Gasteiger partial charge in [0, 0.05) is 57.4 Å². The largest absolute Gasteiger partial charge is 0.488 e. The molecule has 1 saturated carbocycles. The number of rotatable bonds is 14. The van der Waals surface area contributed by atoms with Crippen molar-refractivity contribution < 1.29 is 14.3 Å². The van der Waals surface area contributed by atoms with Gasteiger partial charge in [-0.05, 0) is 87.5 Å². The lowest BCUT2D eigenvalue weighted by molar-refractivity contribution is -0.126. The Kier molecular flexibility index (Phi) is 11.7. The van der Waals surface area contributed by atoms with Crippen LogP contribution in [0, 0.1) is 11.8 Å². The van der Waals surface area contributed by atoms with E-state index < -0.39 is 0 Å². The number of pyridine rings is 1. The summed E-state index contributed by atoms with van der Waals surface area (Å²) in [5.74, 6) is 2.11. The van der Waals surface area contributed by atoms with Crippen molar-refractivity contribution >= 4 is 16.8 Å². The van der Waals surface area contributed by atoms with Crippen LogP contribution in [0.4, 0.5) is 0 Å². The second kappa shape index (κ2) is 15.4. The first-order valence-electron chi connectivity index (χ1n) is 15.2. The number of aryl methyl sites for hydroxylation is 1. The SMILES string of the molecule is CCCCCCc1cc(OC2CCN(C[C@H]3CC[C@H](C(=O)NCCCOC)CC3)CC2)c2ncccc2c1. The highest BCUT2D eigenvalue weighted by Gasteiger charge is 2.29. The van der Waals surface area contributed by atoms with Crippen molar-refractivity contribution in [1.29, 1.82) is 0 Å². The van der Waals surface area contributed by atoms with Gasteiger partial charge in [-0.15, -0.1) is 0 Å². The van der Waals surface area contributed by atoms with Gasteiger partial charge in [-0.2, -0.15) is 0 Å². The number of unbranched alkanes of at least 4 members (excludes halogenated alkanes) is 3. The van der Waals surface area contributed by atoms with Gasteiger partial charge in [0.15, 0.2) is 0 Å². The van der Waals surface area contributed by atoms with E-state index in [2.05, 4.69) is 40.3 Å². The number of ether oxygens (including phenoxy) is 2. The molecule has 6 nitrogen and oxygen atoms in total. The van der Waals surface area contributed by atoms with E-state index in [4.69, 9.17) is 9.47 Å². The Hall–Kier alpha value is -2.18. The van der Waals surface area contributed by atoms with E-state index in [-0.39, 0.29) is 17.9 Å². The third-order valence-corrected chi connectivity index (χ3v) is 8.44. The topological polar surface area (TPSA) is 63.7 Å². The Labute approximate surface area is 229 Å². The minimum atomic E-state index is 0.193. The molecule has 1 aliphatic carbocycles. The summed E-state index contributed by atoms with van der Waals surface area (Å²) < 4.78 is 11.7. The number of carbonyl (C=O) groups is 1. The van der Waals surface area contributed by atoms with Crippen LogP contribution in [0.2, 0.25) is 0 Å². The van der Waals surface area contributed by atoms with Crippen molar-refractivity contribution in [3.63, 3.8) is 0 Å². The van der Waals surface area contributed by atoms with E-state index in [1.807, 2.05) is 12.3 Å². The molecule has 0 atom stereocenters. The number of hydrogen-bond donors (Lipinski definition) is 1. The molecule has 38 heavy (non-hydrogen) atoms. The number of hydrogen-bond acceptors (Lipinski definition) is 5. The lowest BCUT2D eigenvalue weighted by atomic mass is 9.81. The molecular weight excluding hydrogens is 474 g/mol. The Balaban J connectivity index is 1.21. The van der Waals surface area contributed by atoms with E-state index in [9.17, 15) is 4.79 Å². The van der Waals surface area contributed by atoms with Crippen LogP contribution in [0.5, 0.6) is 5.75 Å². The monoisotopic (exact) mass is 523 g/mol. The standard InChI is InChI=1S/C32H49N3O3/c1-3-4-5-6-9-26-22-28-10-7-17-33-31(28)30(23-26)38-29-15-19-35(20-16-29)24-25-11-13-27(14-12-25)32(36)34-18-8-21-37-2/h7,10,17,22-23,25,27,29H,3-6,8-9,11-16,18-21,24H2,1-2H3,(H,34,36)/t25-,27-. The van der Waals surface area contributed by atoms with E-state index in [1.54, 1.807) is 7.11 Å². The summed E-state index contributed by atoms with van der Waals surface area (Å²) >= 11 is 0. The van der Waals surface area contributed by atoms with Gasteiger partial charge >= 0.3 is 0 Å². The lowest BCUT2D eigenvalue weighted by Gasteiger charge is -2.36. The zero-order valence-electron chi connectivity index (χ0n) is 23.8. The highest BCUT2D eigenvalue weighted by Crippen LogP contribution is 2.32. The highest BCUT2D eigenvalue weighted by atomic mass is 16.5. The van der Waals surface area contributed by atoms with Crippen LogP contribution in [0.15, 0.2) is 30.5 Å². The van der Waals surface area contributed by atoms with Crippen molar-refractivity contribution in [2.75, 3.05) is 39.9 Å². The van der Waals surface area contributed by atoms with Gasteiger partial charge in [0.2, 0.25) is 5.91 Å². The fourth-order valence-corrected chi connectivity index (χ4v) is 6.14. The van der Waals surface area contributed by atoms with Crippen molar-refractivity contribution in [3.05, 3.63) is 36.0 Å². The third kappa shape index (κ3) is 8.67. The summed E-state index contributed by atoms with van der Waals surface area (Å²) in [6.07, 6.45) is 15.7. The Morgan fingerprint density at radius 3 is 2.63 bits per heavy atom. The van der Waals surface area contributed by atoms with Gasteiger partial charge in [-0.25, -0.2) is 0 Å². The van der Waals surface area contributed by atoms with E-state index in [0.717, 1.165) is 88.8 Å². The summed E-state index contributed by atoms with van der Waals surface area (Å²) in [5, 5.41) is 4.28. The fraction of sp³-hybridized carbons (Fsp3) is 0.688. The first-order chi connectivity index (χ1) is 18.7. The molecular formula is C32H49N3O3. The van der Waals surface area contributed by atoms with Crippen LogP contribution < -0.4 is 10.1 Å². The molecule has 4 rings (SSSR count). The van der Waals surface area contributed by atoms with Crippen LogP contribution in [0.25, 0.3) is 10.9 Å². The summed E-state index contributed by atoms with van der Waals surface area (Å²) in [5.41, 5.74) is 2.36. The van der Waals surface area contributed by atoms with Crippen molar-refractivity contribution in [2.45, 2.75) is 90.1 Å². The molecule has 0 spiro atoms. The molecule has 1 aliphatic heterocycles. The van der Waals surface area contributed by atoms with Crippen LogP contribution in [-0.2, 0) is 16.0 Å². The first-order valence-corrected chi connectivity index (χ1v) is 15.2. The van der Waals surface area contributed by atoms with Gasteiger partial charge in [-0.3, -0.25) is 9.78 Å². The van der Waals surface area contributed by atoms with Crippen LogP contribution in [0.3, 0.4) is 0 Å². The van der Waals surface area contributed by atoms with Gasteiger partial charge in [-0.1, -0.05) is 32.3 Å². The average molecular weight is 524 g/mol. The second-order valence-corrected chi connectivity index (χ2v) is 11.5. The zero-order valence-corrected chi connectivity index (χ0v) is 23.8. The predicted octanol–water partition coefficient (Wildman–Crippen LogP) is 6.16. The van der Waals surface area contributed by atoms with Crippen molar-refractivity contribution in [3.8, 4) is 5.75 Å². The molecule has 1 saturated heterocycles. The number of piperidine rings is 1. The number of benzene rings is 1. The second-order valence-electron chi connectivity index (χ2n) is 11.5. The Bertz CT molecular complexity index is 981. The maximum Gasteiger partial charge on any atom is 0.223 e. The summed E-state index contributed by atoms with van der Waals surface area (Å²) in [7, 11) is 1.70. The van der Waals surface area contributed by atoms with Gasteiger partial charge in [0.05, 0.1) is 0 Å². The predicted molar refractivity (Wildman–Crippen MR) is 155 cm³/mol. The van der Waals surface area contributed by atoms with Gasteiger partial charge in [0.25, 0.3) is 0 Å². The normalized spacial score (nSPS) is 21.0. The zero-order chi connectivity index (χ0) is 26.6. The third-order valence-electron chi connectivity index (χ3n) is 8.44. The maximum atomic E-state index is 12.4. The lowest BCUT2D eigenvalue weighted by Crippen LogP contribution is -2.42. The van der Waals surface area contributed by atoms with Crippen molar-refractivity contribution in [1.82, 2.24) is 15.2 Å². The van der Waals surface area contributed by atoms with E-state index in [1.165, 1.54) is 36.6 Å². The minimum absolute atomic E-state index is 0.193.